The topological polar surface area (TPSA) is 184 Å². The van der Waals surface area contributed by atoms with Gasteiger partial charge in [0.25, 0.3) is 5.91 Å². The molecule has 1 aromatic rings. The highest BCUT2D eigenvalue weighted by atomic mass is 16.3. The maximum atomic E-state index is 13.6. The van der Waals surface area contributed by atoms with Gasteiger partial charge in [-0.3, -0.25) is 14.4 Å². The normalized spacial score (nSPS) is 32.0. The third kappa shape index (κ3) is 2.75. The number of aliphatic hydroxyl groups is 3. The zero-order valence-electron chi connectivity index (χ0n) is 17.9. The molecule has 1 amide bonds. The Bertz CT molecular complexity index is 1180. The van der Waals surface area contributed by atoms with Gasteiger partial charge < -0.3 is 31.9 Å². The van der Waals surface area contributed by atoms with Crippen LogP contribution in [-0.4, -0.2) is 49.5 Å². The summed E-state index contributed by atoms with van der Waals surface area (Å²) in [5.41, 5.74) is 9.43. The largest absolute Gasteiger partial charge is 0.508 e. The summed E-state index contributed by atoms with van der Waals surface area (Å²) in [5, 5.41) is 43.7. The Kier molecular flexibility index (Phi) is 4.70. The number of amides is 1. The minimum absolute atomic E-state index is 0.0177. The van der Waals surface area contributed by atoms with Gasteiger partial charge in [-0.15, -0.1) is 0 Å². The first-order valence-electron chi connectivity index (χ1n) is 11.2. The summed E-state index contributed by atoms with van der Waals surface area (Å²) in [7, 11) is 0. The molecule has 4 aliphatic carbocycles. The lowest BCUT2D eigenvalue weighted by Crippen LogP contribution is -2.65. The summed E-state index contributed by atoms with van der Waals surface area (Å²) in [6.45, 7) is 0. The van der Waals surface area contributed by atoms with Crippen molar-refractivity contribution in [2.75, 3.05) is 0 Å². The number of carbonyl (C=O) groups excluding carboxylic acids is 3. The van der Waals surface area contributed by atoms with Crippen molar-refractivity contribution in [1.82, 2.24) is 0 Å². The van der Waals surface area contributed by atoms with E-state index in [1.54, 1.807) is 0 Å². The van der Waals surface area contributed by atoms with Gasteiger partial charge in [0.1, 0.15) is 22.8 Å². The van der Waals surface area contributed by atoms with Crippen molar-refractivity contribution in [2.24, 2.45) is 23.3 Å². The molecule has 0 saturated heterocycles. The molecule has 9 nitrogen and oxygen atoms in total. The highest BCUT2D eigenvalue weighted by molar-refractivity contribution is 6.24. The van der Waals surface area contributed by atoms with Crippen molar-refractivity contribution in [3.63, 3.8) is 0 Å². The zero-order valence-corrected chi connectivity index (χ0v) is 17.9. The fraction of sp³-hybridized carbons (Fsp3) is 0.458. The molecule has 1 aromatic carbocycles. The Morgan fingerprint density at radius 2 is 1.73 bits per heavy atom. The summed E-state index contributed by atoms with van der Waals surface area (Å²) in [4.78, 5) is 37.9. The summed E-state index contributed by atoms with van der Waals surface area (Å²) in [5.74, 6) is -6.56. The number of primary amides is 1. The molecule has 4 aliphatic rings. The van der Waals surface area contributed by atoms with Crippen molar-refractivity contribution in [1.29, 1.82) is 0 Å². The molecule has 0 radical (unpaired) electrons. The SMILES string of the molecule is NC(=O)C1=C(O)[C@@]2(O)C(=O)C3=C(O)c4c(O)ccc(C5CCCC5)c4C[C@H]3C[C@H]2C(N)C1=O. The fourth-order valence-corrected chi connectivity index (χ4v) is 6.36. The lowest BCUT2D eigenvalue weighted by atomic mass is 9.57. The van der Waals surface area contributed by atoms with Crippen molar-refractivity contribution in [3.8, 4) is 5.75 Å². The van der Waals surface area contributed by atoms with E-state index in [9.17, 15) is 34.8 Å². The molecule has 2 fully saturated rings. The summed E-state index contributed by atoms with van der Waals surface area (Å²) in [6, 6.07) is 1.92. The van der Waals surface area contributed by atoms with E-state index in [4.69, 9.17) is 11.5 Å². The second-order valence-electron chi connectivity index (χ2n) is 9.59. The van der Waals surface area contributed by atoms with Gasteiger partial charge in [-0.2, -0.15) is 0 Å². The number of phenolic OH excluding ortho intramolecular Hbond substituents is 1. The Hall–Kier alpha value is -3.17. The van der Waals surface area contributed by atoms with E-state index in [0.29, 0.717) is 6.42 Å². The van der Waals surface area contributed by atoms with E-state index in [1.165, 1.54) is 6.07 Å². The number of hydrogen-bond acceptors (Lipinski definition) is 8. The van der Waals surface area contributed by atoms with Crippen molar-refractivity contribution in [3.05, 3.63) is 45.7 Å². The van der Waals surface area contributed by atoms with Crippen LogP contribution < -0.4 is 11.5 Å². The van der Waals surface area contributed by atoms with Crippen molar-refractivity contribution >= 4 is 23.2 Å². The molecular formula is C24H26N2O7. The van der Waals surface area contributed by atoms with Gasteiger partial charge in [-0.1, -0.05) is 18.9 Å². The molecular weight excluding hydrogens is 428 g/mol. The van der Waals surface area contributed by atoms with Crippen LogP contribution in [0.1, 0.15) is 54.7 Å². The zero-order chi connectivity index (χ0) is 23.8. The van der Waals surface area contributed by atoms with Crippen LogP contribution >= 0.6 is 0 Å². The Labute approximate surface area is 189 Å². The van der Waals surface area contributed by atoms with Gasteiger partial charge in [-0.25, -0.2) is 0 Å². The maximum absolute atomic E-state index is 13.6. The molecule has 8 N–H and O–H groups in total. The molecule has 174 valence electrons. The Balaban J connectivity index is 1.70. The number of phenols is 1. The number of Topliss-reactive ketones (excluding diaryl/α,β-unsaturated/α-hetero) is 2. The molecule has 0 spiro atoms. The molecule has 0 bridgehead atoms. The Morgan fingerprint density at radius 1 is 1.06 bits per heavy atom. The van der Waals surface area contributed by atoms with Crippen LogP contribution in [0.4, 0.5) is 0 Å². The van der Waals surface area contributed by atoms with E-state index in [2.05, 4.69) is 0 Å². The number of aliphatic hydroxyl groups excluding tert-OH is 2. The Morgan fingerprint density at radius 3 is 2.36 bits per heavy atom. The highest BCUT2D eigenvalue weighted by Gasteiger charge is 2.63. The average molecular weight is 454 g/mol. The molecule has 33 heavy (non-hydrogen) atoms. The number of hydrogen-bond donors (Lipinski definition) is 6. The number of fused-ring (bicyclic) bond motifs is 3. The first-order chi connectivity index (χ1) is 15.6. The van der Waals surface area contributed by atoms with E-state index in [0.717, 1.165) is 36.8 Å². The third-order valence-electron chi connectivity index (χ3n) is 7.97. The van der Waals surface area contributed by atoms with Crippen LogP contribution in [0, 0.1) is 11.8 Å². The maximum Gasteiger partial charge on any atom is 0.255 e. The van der Waals surface area contributed by atoms with Gasteiger partial charge in [-0.05, 0) is 54.7 Å². The summed E-state index contributed by atoms with van der Waals surface area (Å²) in [6.07, 6.45) is 4.50. The number of aromatic hydroxyl groups is 1. The van der Waals surface area contributed by atoms with E-state index in [1.807, 2.05) is 6.07 Å². The van der Waals surface area contributed by atoms with Gasteiger partial charge in [0, 0.05) is 11.5 Å². The number of benzene rings is 1. The van der Waals surface area contributed by atoms with Crippen LogP contribution in [0.25, 0.3) is 5.76 Å². The third-order valence-corrected chi connectivity index (χ3v) is 7.97. The fourth-order valence-electron chi connectivity index (χ4n) is 6.36. The van der Waals surface area contributed by atoms with Gasteiger partial charge >= 0.3 is 0 Å². The molecule has 4 atom stereocenters. The van der Waals surface area contributed by atoms with Crippen LogP contribution in [-0.2, 0) is 20.8 Å². The van der Waals surface area contributed by atoms with E-state index in [-0.39, 0.29) is 29.2 Å². The highest BCUT2D eigenvalue weighted by Crippen LogP contribution is 2.53. The standard InChI is InChI=1S/C24H26N2O7/c25-18-13-8-10-7-12-11(9-3-1-2-4-9)5-6-14(27)16(12)19(28)15(10)21(30)24(13,33)22(31)17(20(18)29)23(26)32/h5-6,9-10,13,18,27-28,31,33H,1-4,7-8,25H2,(H2,26,32)/t10-,13-,18?,24-/m0/s1. The number of nitrogens with two attached hydrogens (primary N) is 2. The van der Waals surface area contributed by atoms with Crippen LogP contribution in [0.15, 0.2) is 29.0 Å². The van der Waals surface area contributed by atoms with E-state index < -0.39 is 58.0 Å². The first-order valence-corrected chi connectivity index (χ1v) is 11.2. The first kappa shape index (κ1) is 21.7. The minimum atomic E-state index is -2.67. The lowest BCUT2D eigenvalue weighted by Gasteiger charge is -2.48. The predicted octanol–water partition coefficient (Wildman–Crippen LogP) is 1.02. The van der Waals surface area contributed by atoms with Gasteiger partial charge in [0.2, 0.25) is 5.78 Å². The van der Waals surface area contributed by atoms with Crippen molar-refractivity contribution < 1.29 is 34.8 Å². The smallest absolute Gasteiger partial charge is 0.255 e. The number of rotatable bonds is 2. The van der Waals surface area contributed by atoms with Crippen LogP contribution in [0.3, 0.4) is 0 Å². The summed E-state index contributed by atoms with van der Waals surface area (Å²) < 4.78 is 0. The number of carbonyl (C=O) groups is 3. The quantitative estimate of drug-likeness (QED) is 0.358. The van der Waals surface area contributed by atoms with Crippen LogP contribution in [0.2, 0.25) is 0 Å². The molecule has 2 saturated carbocycles. The molecule has 5 rings (SSSR count). The molecule has 0 aliphatic heterocycles. The summed E-state index contributed by atoms with van der Waals surface area (Å²) >= 11 is 0. The van der Waals surface area contributed by atoms with Crippen molar-refractivity contribution in [2.45, 2.75) is 56.1 Å². The predicted molar refractivity (Wildman–Crippen MR) is 116 cm³/mol. The second kappa shape index (κ2) is 7.16. The van der Waals surface area contributed by atoms with Crippen LogP contribution in [0.5, 0.6) is 5.75 Å². The number of ketones is 2. The van der Waals surface area contributed by atoms with Gasteiger partial charge in [0.05, 0.1) is 11.6 Å². The second-order valence-corrected chi connectivity index (χ2v) is 9.59. The average Bonchev–Trinajstić information content (AvgIpc) is 3.29. The molecule has 9 heteroatoms. The minimum Gasteiger partial charge on any atom is -0.508 e. The van der Waals surface area contributed by atoms with E-state index >= 15 is 0 Å². The molecule has 0 aromatic heterocycles. The molecule has 0 heterocycles. The molecule has 1 unspecified atom stereocenters. The lowest BCUT2D eigenvalue weighted by molar-refractivity contribution is -0.149. The monoisotopic (exact) mass is 454 g/mol. The van der Waals surface area contributed by atoms with Gasteiger partial charge in [0.15, 0.2) is 11.4 Å².